The fourth-order valence-corrected chi connectivity index (χ4v) is 3.81. The maximum absolute atomic E-state index is 12.7. The second kappa shape index (κ2) is 8.35. The van der Waals surface area contributed by atoms with Crippen LogP contribution in [0, 0.1) is 0 Å². The van der Waals surface area contributed by atoms with E-state index in [1.807, 2.05) is 0 Å². The molecule has 4 rings (SSSR count). The number of ketones is 1. The number of esters is 1. The average molecular weight is 421 g/mol. The van der Waals surface area contributed by atoms with Gasteiger partial charge in [-0.05, 0) is 30.2 Å². The van der Waals surface area contributed by atoms with Gasteiger partial charge >= 0.3 is 13.1 Å². The monoisotopic (exact) mass is 421 g/mol. The van der Waals surface area contributed by atoms with Crippen LogP contribution >= 0.6 is 0 Å². The number of ether oxygens (including phenoxy) is 1. The molecule has 0 radical (unpaired) electrons. The van der Waals surface area contributed by atoms with Gasteiger partial charge in [-0.1, -0.05) is 31.2 Å². The zero-order valence-corrected chi connectivity index (χ0v) is 16.9. The van der Waals surface area contributed by atoms with Gasteiger partial charge in [0.25, 0.3) is 11.8 Å². The number of carbonyl (C=O) groups is 4. The normalized spacial score (nSPS) is 17.2. The number of carbonyl (C=O) groups excluding carboxylic acids is 4. The summed E-state index contributed by atoms with van der Waals surface area (Å²) >= 11 is 0. The van der Waals surface area contributed by atoms with Crippen LogP contribution in [-0.2, 0) is 16.0 Å². The molecule has 0 unspecified atom stereocenters. The SMILES string of the molecule is CCC(=O)C[C@H]1Cc2cccc(C(=O)OCN3C(=O)c4ccccc4C3=O)c2OB1O. The Morgan fingerprint density at radius 3 is 2.45 bits per heavy atom. The molecule has 1 atom stereocenters. The van der Waals surface area contributed by atoms with Gasteiger partial charge in [-0.2, -0.15) is 0 Å². The molecule has 2 aromatic rings. The van der Waals surface area contributed by atoms with Crippen molar-refractivity contribution in [3.63, 3.8) is 0 Å². The Morgan fingerprint density at radius 2 is 1.81 bits per heavy atom. The van der Waals surface area contributed by atoms with Crippen molar-refractivity contribution < 1.29 is 33.6 Å². The molecule has 2 amide bonds. The number of para-hydroxylation sites is 1. The maximum Gasteiger partial charge on any atom is 0.526 e. The number of hydrogen-bond acceptors (Lipinski definition) is 7. The second-order valence-corrected chi connectivity index (χ2v) is 7.51. The Labute approximate surface area is 178 Å². The lowest BCUT2D eigenvalue weighted by atomic mass is 9.64. The van der Waals surface area contributed by atoms with E-state index < -0.39 is 37.5 Å². The van der Waals surface area contributed by atoms with E-state index in [0.29, 0.717) is 18.4 Å². The third kappa shape index (κ3) is 3.84. The van der Waals surface area contributed by atoms with Gasteiger partial charge in [0.1, 0.15) is 17.1 Å². The third-order valence-electron chi connectivity index (χ3n) is 5.53. The molecule has 0 spiro atoms. The molecule has 9 heteroatoms. The average Bonchev–Trinajstić information content (AvgIpc) is 3.02. The molecule has 1 N–H and O–H groups in total. The van der Waals surface area contributed by atoms with E-state index in [1.165, 1.54) is 6.07 Å². The molecular formula is C22H20BNO7. The van der Waals surface area contributed by atoms with Crippen molar-refractivity contribution in [2.75, 3.05) is 6.73 Å². The predicted octanol–water partition coefficient (Wildman–Crippen LogP) is 2.25. The van der Waals surface area contributed by atoms with E-state index in [0.717, 1.165) is 4.90 Å². The number of rotatable bonds is 6. The lowest BCUT2D eigenvalue weighted by Crippen LogP contribution is -2.36. The first-order valence-corrected chi connectivity index (χ1v) is 10.0. The smallest absolute Gasteiger partial charge is 0.526 e. The molecule has 0 saturated carbocycles. The van der Waals surface area contributed by atoms with Crippen LogP contribution in [0.25, 0.3) is 0 Å². The van der Waals surface area contributed by atoms with Crippen LogP contribution in [0.3, 0.4) is 0 Å². The Bertz CT molecular complexity index is 1050. The summed E-state index contributed by atoms with van der Waals surface area (Å²) in [5.41, 5.74) is 1.28. The zero-order chi connectivity index (χ0) is 22.1. The lowest BCUT2D eigenvalue weighted by Gasteiger charge is -2.28. The highest BCUT2D eigenvalue weighted by Crippen LogP contribution is 2.36. The van der Waals surface area contributed by atoms with Gasteiger partial charge < -0.3 is 14.4 Å². The van der Waals surface area contributed by atoms with Crippen LogP contribution in [0.2, 0.25) is 5.82 Å². The minimum absolute atomic E-state index is 0.0209. The first-order valence-electron chi connectivity index (χ1n) is 10.0. The highest BCUT2D eigenvalue weighted by molar-refractivity contribution is 6.47. The van der Waals surface area contributed by atoms with Crippen LogP contribution in [-0.4, -0.2) is 47.3 Å². The number of imide groups is 1. The van der Waals surface area contributed by atoms with Crippen LogP contribution in [0.5, 0.6) is 5.75 Å². The van der Waals surface area contributed by atoms with Crippen molar-refractivity contribution in [2.24, 2.45) is 0 Å². The van der Waals surface area contributed by atoms with E-state index in [1.54, 1.807) is 43.3 Å². The molecule has 158 valence electrons. The summed E-state index contributed by atoms with van der Waals surface area (Å²) in [7, 11) is -1.23. The fraction of sp³-hybridized carbons (Fsp3) is 0.273. The molecule has 0 saturated heterocycles. The van der Waals surface area contributed by atoms with Crippen molar-refractivity contribution in [1.29, 1.82) is 0 Å². The standard InChI is InChI=1S/C22H20BNO7/c1-2-15(25)11-14-10-13-6-5-9-18(19(13)31-23(14)29)22(28)30-12-24-20(26)16-7-3-4-8-17(16)21(24)27/h3-9,14,29H,2,10-12H2,1H3/t14-/m1/s1. The van der Waals surface area contributed by atoms with Gasteiger partial charge in [0.15, 0.2) is 6.73 Å². The van der Waals surface area contributed by atoms with E-state index in [9.17, 15) is 24.2 Å². The van der Waals surface area contributed by atoms with Gasteiger partial charge in [0, 0.05) is 18.7 Å². The zero-order valence-electron chi connectivity index (χ0n) is 16.9. The molecule has 0 aliphatic carbocycles. The Morgan fingerprint density at radius 1 is 1.13 bits per heavy atom. The summed E-state index contributed by atoms with van der Waals surface area (Å²) in [5.74, 6) is -2.04. The van der Waals surface area contributed by atoms with Crippen molar-refractivity contribution in [2.45, 2.75) is 32.0 Å². The summed E-state index contributed by atoms with van der Waals surface area (Å²) < 4.78 is 10.8. The number of amides is 2. The minimum atomic E-state index is -1.23. The van der Waals surface area contributed by atoms with Gasteiger partial charge in [-0.25, -0.2) is 9.69 Å². The maximum atomic E-state index is 12.7. The molecule has 8 nitrogen and oxygen atoms in total. The Balaban J connectivity index is 1.47. The fourth-order valence-electron chi connectivity index (χ4n) is 3.81. The van der Waals surface area contributed by atoms with E-state index >= 15 is 0 Å². The van der Waals surface area contributed by atoms with Crippen molar-refractivity contribution in [3.8, 4) is 5.75 Å². The van der Waals surface area contributed by atoms with Crippen LogP contribution < -0.4 is 4.65 Å². The molecule has 0 aromatic heterocycles. The lowest BCUT2D eigenvalue weighted by molar-refractivity contribution is -0.118. The second-order valence-electron chi connectivity index (χ2n) is 7.51. The van der Waals surface area contributed by atoms with Gasteiger partial charge in [0.05, 0.1) is 11.1 Å². The number of nitrogens with zero attached hydrogens (tertiary/aromatic N) is 1. The van der Waals surface area contributed by atoms with Gasteiger partial charge in [-0.3, -0.25) is 14.4 Å². The highest BCUT2D eigenvalue weighted by atomic mass is 16.6. The van der Waals surface area contributed by atoms with Crippen molar-refractivity contribution in [3.05, 3.63) is 64.7 Å². The first kappa shape index (κ1) is 20.8. The van der Waals surface area contributed by atoms with Crippen molar-refractivity contribution >= 4 is 30.7 Å². The Kier molecular flexibility index (Phi) is 5.60. The topological polar surface area (TPSA) is 110 Å². The predicted molar refractivity (Wildman–Crippen MR) is 110 cm³/mol. The van der Waals surface area contributed by atoms with Gasteiger partial charge in [0.2, 0.25) is 0 Å². The van der Waals surface area contributed by atoms with Crippen LogP contribution in [0.1, 0.15) is 56.4 Å². The van der Waals surface area contributed by atoms with Crippen molar-refractivity contribution in [1.82, 2.24) is 4.90 Å². The molecule has 2 aliphatic rings. The first-order chi connectivity index (χ1) is 14.9. The minimum Gasteiger partial charge on any atom is -0.535 e. The Hall–Kier alpha value is -3.46. The molecule has 2 aromatic carbocycles. The summed E-state index contributed by atoms with van der Waals surface area (Å²) in [6.45, 7) is 1.22. The quantitative estimate of drug-likeness (QED) is 0.433. The molecule has 0 fully saturated rings. The summed E-state index contributed by atoms with van der Waals surface area (Å²) in [6, 6.07) is 11.3. The molecular weight excluding hydrogens is 401 g/mol. The van der Waals surface area contributed by atoms with Crippen LogP contribution in [0.15, 0.2) is 42.5 Å². The third-order valence-corrected chi connectivity index (χ3v) is 5.53. The summed E-state index contributed by atoms with van der Waals surface area (Å²) in [6.07, 6.45) is 0.938. The number of fused-ring (bicyclic) bond motifs is 2. The molecule has 31 heavy (non-hydrogen) atoms. The largest absolute Gasteiger partial charge is 0.535 e. The van der Waals surface area contributed by atoms with E-state index in [-0.39, 0.29) is 34.6 Å². The molecule has 2 heterocycles. The highest BCUT2D eigenvalue weighted by Gasteiger charge is 2.39. The summed E-state index contributed by atoms with van der Waals surface area (Å²) in [4.78, 5) is 50.1. The molecule has 0 bridgehead atoms. The van der Waals surface area contributed by atoms with E-state index in [2.05, 4.69) is 0 Å². The molecule has 2 aliphatic heterocycles. The van der Waals surface area contributed by atoms with E-state index in [4.69, 9.17) is 9.39 Å². The van der Waals surface area contributed by atoms with Gasteiger partial charge in [-0.15, -0.1) is 0 Å². The number of hydrogen-bond donors (Lipinski definition) is 1. The number of benzene rings is 2. The summed E-state index contributed by atoms with van der Waals surface area (Å²) in [5, 5.41) is 10.3. The van der Waals surface area contributed by atoms with Crippen LogP contribution in [0.4, 0.5) is 0 Å². The number of Topliss-reactive ketones (excluding diaryl/α,β-unsaturated/α-hetero) is 1.